The highest BCUT2D eigenvalue weighted by molar-refractivity contribution is 6.33. The molecule has 0 aliphatic rings. The first kappa shape index (κ1) is 14.6. The summed E-state index contributed by atoms with van der Waals surface area (Å²) in [7, 11) is 1.57. The maximum atomic E-state index is 13.8. The Balaban J connectivity index is 2.30. The van der Waals surface area contributed by atoms with Crippen LogP contribution in [0.3, 0.4) is 0 Å². The van der Waals surface area contributed by atoms with E-state index in [1.807, 2.05) is 31.2 Å². The maximum absolute atomic E-state index is 13.8. The third kappa shape index (κ3) is 3.02. The lowest BCUT2D eigenvalue weighted by Gasteiger charge is -2.19. The van der Waals surface area contributed by atoms with Gasteiger partial charge in [0.2, 0.25) is 0 Å². The van der Waals surface area contributed by atoms with E-state index in [-0.39, 0.29) is 16.8 Å². The smallest absolute Gasteiger partial charge is 0.150 e. The van der Waals surface area contributed by atoms with Gasteiger partial charge in [-0.25, -0.2) is 8.78 Å². The number of hydrogen-bond acceptors (Lipinski definition) is 2. The molecule has 2 aromatic rings. The van der Waals surface area contributed by atoms with Crippen LogP contribution in [0.4, 0.5) is 14.5 Å². The highest BCUT2D eigenvalue weighted by Crippen LogP contribution is 2.32. The lowest BCUT2D eigenvalue weighted by Crippen LogP contribution is -2.10. The summed E-state index contributed by atoms with van der Waals surface area (Å²) < 4.78 is 32.0. The van der Waals surface area contributed by atoms with Crippen LogP contribution in [0.15, 0.2) is 36.4 Å². The van der Waals surface area contributed by atoms with Gasteiger partial charge in [-0.05, 0) is 19.1 Å². The Hall–Kier alpha value is -1.81. The molecule has 0 spiro atoms. The fraction of sp³-hybridized carbons (Fsp3) is 0.200. The third-order valence-electron chi connectivity index (χ3n) is 2.97. The Morgan fingerprint density at radius 3 is 2.55 bits per heavy atom. The molecule has 2 rings (SSSR count). The summed E-state index contributed by atoms with van der Waals surface area (Å²) >= 11 is 5.87. The zero-order valence-corrected chi connectivity index (χ0v) is 11.8. The normalized spacial score (nSPS) is 12.1. The van der Waals surface area contributed by atoms with Gasteiger partial charge >= 0.3 is 0 Å². The number of ether oxygens (including phenoxy) is 1. The molecule has 0 radical (unpaired) electrons. The van der Waals surface area contributed by atoms with Crippen molar-refractivity contribution in [1.29, 1.82) is 0 Å². The number of halogens is 3. The molecule has 2 aromatic carbocycles. The van der Waals surface area contributed by atoms with Gasteiger partial charge < -0.3 is 10.1 Å². The lowest BCUT2D eigenvalue weighted by molar-refractivity contribution is 0.408. The van der Waals surface area contributed by atoms with Gasteiger partial charge in [-0.3, -0.25) is 0 Å². The van der Waals surface area contributed by atoms with E-state index in [1.165, 1.54) is 0 Å². The Kier molecular flexibility index (Phi) is 4.45. The largest absolute Gasteiger partial charge is 0.496 e. The SMILES string of the molecule is COc1ccccc1C(C)Nc1c(F)cc(F)cc1Cl. The van der Waals surface area contributed by atoms with Gasteiger partial charge in [-0.2, -0.15) is 0 Å². The van der Waals surface area contributed by atoms with Crippen molar-refractivity contribution in [3.05, 3.63) is 58.6 Å². The fourth-order valence-corrected chi connectivity index (χ4v) is 2.25. The van der Waals surface area contributed by atoms with Crippen molar-refractivity contribution in [2.45, 2.75) is 13.0 Å². The Bertz CT molecular complexity index is 596. The van der Waals surface area contributed by atoms with E-state index in [4.69, 9.17) is 16.3 Å². The minimum Gasteiger partial charge on any atom is -0.496 e. The average molecular weight is 298 g/mol. The van der Waals surface area contributed by atoms with Crippen LogP contribution in [0, 0.1) is 11.6 Å². The summed E-state index contributed by atoms with van der Waals surface area (Å²) in [5.74, 6) is -0.745. The van der Waals surface area contributed by atoms with Crippen molar-refractivity contribution in [3.63, 3.8) is 0 Å². The Morgan fingerprint density at radius 1 is 1.20 bits per heavy atom. The van der Waals surface area contributed by atoms with Crippen molar-refractivity contribution in [2.24, 2.45) is 0 Å². The molecule has 0 bridgehead atoms. The van der Waals surface area contributed by atoms with E-state index >= 15 is 0 Å². The molecule has 0 saturated heterocycles. The van der Waals surface area contributed by atoms with Gasteiger partial charge in [-0.1, -0.05) is 29.8 Å². The van der Waals surface area contributed by atoms with Crippen LogP contribution in [0.25, 0.3) is 0 Å². The molecular weight excluding hydrogens is 284 g/mol. The molecule has 0 amide bonds. The van der Waals surface area contributed by atoms with Crippen LogP contribution >= 0.6 is 11.6 Å². The predicted octanol–water partition coefficient (Wildman–Crippen LogP) is 4.80. The Morgan fingerprint density at radius 2 is 1.90 bits per heavy atom. The zero-order chi connectivity index (χ0) is 14.7. The van der Waals surface area contributed by atoms with Gasteiger partial charge in [0.15, 0.2) is 5.82 Å². The van der Waals surface area contributed by atoms with E-state index in [1.54, 1.807) is 7.11 Å². The minimum atomic E-state index is -0.725. The molecule has 0 fully saturated rings. The molecule has 1 unspecified atom stereocenters. The summed E-state index contributed by atoms with van der Waals surface area (Å²) in [5, 5.41) is 2.95. The number of nitrogens with one attached hydrogen (secondary N) is 1. The first-order valence-electron chi connectivity index (χ1n) is 6.07. The van der Waals surface area contributed by atoms with E-state index < -0.39 is 11.6 Å². The topological polar surface area (TPSA) is 21.3 Å². The number of para-hydroxylation sites is 1. The number of benzene rings is 2. The molecule has 2 nitrogen and oxygen atoms in total. The van der Waals surface area contributed by atoms with Crippen molar-refractivity contribution < 1.29 is 13.5 Å². The second kappa shape index (κ2) is 6.09. The Labute approximate surface area is 121 Å². The second-order valence-electron chi connectivity index (χ2n) is 4.35. The third-order valence-corrected chi connectivity index (χ3v) is 3.27. The van der Waals surface area contributed by atoms with Crippen LogP contribution < -0.4 is 10.1 Å². The average Bonchev–Trinajstić information content (AvgIpc) is 2.42. The van der Waals surface area contributed by atoms with Crippen LogP contribution in [-0.4, -0.2) is 7.11 Å². The molecule has 0 heterocycles. The number of methoxy groups -OCH3 is 1. The number of hydrogen-bond donors (Lipinski definition) is 1. The zero-order valence-electron chi connectivity index (χ0n) is 11.1. The molecule has 106 valence electrons. The predicted molar refractivity (Wildman–Crippen MR) is 76.4 cm³/mol. The van der Waals surface area contributed by atoms with Gasteiger partial charge in [0.05, 0.1) is 23.9 Å². The maximum Gasteiger partial charge on any atom is 0.150 e. The first-order chi connectivity index (χ1) is 9.52. The van der Waals surface area contributed by atoms with E-state index in [9.17, 15) is 8.78 Å². The van der Waals surface area contributed by atoms with E-state index in [0.29, 0.717) is 5.75 Å². The van der Waals surface area contributed by atoms with Gasteiger partial charge in [-0.15, -0.1) is 0 Å². The molecule has 20 heavy (non-hydrogen) atoms. The molecule has 0 saturated carbocycles. The van der Waals surface area contributed by atoms with Crippen LogP contribution in [0.2, 0.25) is 5.02 Å². The molecule has 0 aliphatic heterocycles. The lowest BCUT2D eigenvalue weighted by atomic mass is 10.1. The molecule has 0 aromatic heterocycles. The van der Waals surface area contributed by atoms with Crippen molar-refractivity contribution >= 4 is 17.3 Å². The van der Waals surface area contributed by atoms with Crippen molar-refractivity contribution in [2.75, 3.05) is 12.4 Å². The van der Waals surface area contributed by atoms with Crippen molar-refractivity contribution in [3.8, 4) is 5.75 Å². The molecule has 5 heteroatoms. The summed E-state index contributed by atoms with van der Waals surface area (Å²) in [4.78, 5) is 0. The van der Waals surface area contributed by atoms with Gasteiger partial charge in [0.1, 0.15) is 11.6 Å². The quantitative estimate of drug-likeness (QED) is 0.875. The van der Waals surface area contributed by atoms with E-state index in [0.717, 1.165) is 17.7 Å². The standard InChI is InChI=1S/C15H14ClF2NO/c1-9(11-5-3-4-6-14(11)20-2)19-15-12(16)7-10(17)8-13(15)18/h3-9,19H,1-2H3. The molecular formula is C15H14ClF2NO. The van der Waals surface area contributed by atoms with Gasteiger partial charge in [0, 0.05) is 11.6 Å². The van der Waals surface area contributed by atoms with E-state index in [2.05, 4.69) is 5.32 Å². The number of anilines is 1. The highest BCUT2D eigenvalue weighted by Gasteiger charge is 2.15. The minimum absolute atomic E-state index is 0.00393. The first-order valence-corrected chi connectivity index (χ1v) is 6.44. The summed E-state index contributed by atoms with van der Waals surface area (Å²) in [6, 6.07) is 9.01. The summed E-state index contributed by atoms with van der Waals surface area (Å²) in [6.07, 6.45) is 0. The van der Waals surface area contributed by atoms with Crippen LogP contribution in [-0.2, 0) is 0 Å². The molecule has 0 aliphatic carbocycles. The monoisotopic (exact) mass is 297 g/mol. The van der Waals surface area contributed by atoms with Crippen molar-refractivity contribution in [1.82, 2.24) is 0 Å². The van der Waals surface area contributed by atoms with Gasteiger partial charge in [0.25, 0.3) is 0 Å². The fourth-order valence-electron chi connectivity index (χ4n) is 2.00. The highest BCUT2D eigenvalue weighted by atomic mass is 35.5. The number of rotatable bonds is 4. The van der Waals surface area contributed by atoms with Crippen LogP contribution in [0.5, 0.6) is 5.75 Å². The second-order valence-corrected chi connectivity index (χ2v) is 4.76. The molecule has 1 atom stereocenters. The summed E-state index contributed by atoms with van der Waals surface area (Å²) in [6.45, 7) is 1.84. The molecule has 1 N–H and O–H groups in total. The summed E-state index contributed by atoms with van der Waals surface area (Å²) in [5.41, 5.74) is 0.932. The van der Waals surface area contributed by atoms with Crippen LogP contribution in [0.1, 0.15) is 18.5 Å².